The normalized spacial score (nSPS) is 11.4. The van der Waals surface area contributed by atoms with Crippen LogP contribution in [-0.2, 0) is 6.18 Å². The molecule has 4 N–H and O–H groups in total. The Hall–Kier alpha value is -3.23. The second-order valence-electron chi connectivity index (χ2n) is 5.52. The van der Waals surface area contributed by atoms with Crippen LogP contribution in [0, 0.1) is 6.92 Å². The summed E-state index contributed by atoms with van der Waals surface area (Å²) in [7, 11) is 1.75. The van der Waals surface area contributed by atoms with Crippen LogP contribution in [0.3, 0.4) is 0 Å². The van der Waals surface area contributed by atoms with E-state index in [9.17, 15) is 13.2 Å². The molecular formula is C17H16F3N5O. The van der Waals surface area contributed by atoms with Crippen LogP contribution in [0.2, 0.25) is 0 Å². The number of aryl methyl sites for hydroxylation is 1. The molecule has 136 valence electrons. The topological polar surface area (TPSA) is 88.8 Å². The summed E-state index contributed by atoms with van der Waals surface area (Å²) in [5.41, 5.74) is 6.36. The Morgan fingerprint density at radius 2 is 1.88 bits per heavy atom. The van der Waals surface area contributed by atoms with Crippen molar-refractivity contribution in [3.63, 3.8) is 0 Å². The molecule has 0 aliphatic rings. The van der Waals surface area contributed by atoms with E-state index in [1.807, 2.05) is 0 Å². The summed E-state index contributed by atoms with van der Waals surface area (Å²) >= 11 is 0. The van der Waals surface area contributed by atoms with Crippen molar-refractivity contribution in [2.75, 3.05) is 18.1 Å². The number of hydrogen-bond donors (Lipinski definition) is 3. The molecule has 3 aromatic rings. The lowest BCUT2D eigenvalue weighted by atomic mass is 10.2. The first-order valence-electron chi connectivity index (χ1n) is 7.63. The average molecular weight is 363 g/mol. The average Bonchev–Trinajstić information content (AvgIpc) is 2.97. The van der Waals surface area contributed by atoms with E-state index in [1.165, 1.54) is 19.2 Å². The summed E-state index contributed by atoms with van der Waals surface area (Å²) in [4.78, 5) is 10.2. The highest BCUT2D eigenvalue weighted by Crippen LogP contribution is 2.33. The smallest absolute Gasteiger partial charge is 0.433 e. The Kier molecular flexibility index (Phi) is 4.45. The lowest BCUT2D eigenvalue weighted by molar-refractivity contribution is -0.141. The van der Waals surface area contributed by atoms with Crippen molar-refractivity contribution in [2.45, 2.75) is 13.1 Å². The van der Waals surface area contributed by atoms with Gasteiger partial charge >= 0.3 is 6.18 Å². The number of nitrogens with one attached hydrogen (secondary N) is 2. The summed E-state index contributed by atoms with van der Waals surface area (Å²) in [6.45, 7) is 1.29. The van der Waals surface area contributed by atoms with Crippen molar-refractivity contribution in [3.05, 3.63) is 47.9 Å². The summed E-state index contributed by atoms with van der Waals surface area (Å²) in [6.07, 6.45) is -3.07. The lowest BCUT2D eigenvalue weighted by Gasteiger charge is -2.10. The zero-order valence-electron chi connectivity index (χ0n) is 14.0. The summed E-state index contributed by atoms with van der Waals surface area (Å²) in [5.74, 6) is 0.907. The van der Waals surface area contributed by atoms with Crippen molar-refractivity contribution < 1.29 is 17.9 Å². The van der Waals surface area contributed by atoms with E-state index in [0.29, 0.717) is 17.2 Å². The van der Waals surface area contributed by atoms with E-state index >= 15 is 0 Å². The van der Waals surface area contributed by atoms with Crippen molar-refractivity contribution in [1.29, 1.82) is 0 Å². The standard InChI is InChI=1S/C17H16F3N5O/c1-9-15(17(18,19)20)25-16(24-9)14-8-11(5-6-23-14)26-10-3-4-13(22-2)12(21)7-10/h3-8,22H,21H2,1-2H3,(H,24,25). The number of rotatable bonds is 4. The van der Waals surface area contributed by atoms with Crippen LogP contribution in [0.1, 0.15) is 11.4 Å². The van der Waals surface area contributed by atoms with Crippen LogP contribution < -0.4 is 15.8 Å². The van der Waals surface area contributed by atoms with E-state index in [2.05, 4.69) is 20.3 Å². The molecule has 1 aromatic carbocycles. The zero-order chi connectivity index (χ0) is 18.9. The Morgan fingerprint density at radius 3 is 2.50 bits per heavy atom. The van der Waals surface area contributed by atoms with Gasteiger partial charge in [-0.05, 0) is 25.1 Å². The molecule has 3 rings (SSSR count). The van der Waals surface area contributed by atoms with Crippen molar-refractivity contribution in [2.24, 2.45) is 0 Å². The van der Waals surface area contributed by atoms with Gasteiger partial charge in [0.05, 0.1) is 17.1 Å². The highest BCUT2D eigenvalue weighted by molar-refractivity contribution is 5.68. The third kappa shape index (κ3) is 3.56. The number of aromatic amines is 1. The van der Waals surface area contributed by atoms with Crippen LogP contribution in [-0.4, -0.2) is 22.0 Å². The molecule has 9 heteroatoms. The molecule has 0 aliphatic heterocycles. The lowest BCUT2D eigenvalue weighted by Crippen LogP contribution is -2.07. The van der Waals surface area contributed by atoms with E-state index in [4.69, 9.17) is 10.5 Å². The molecule has 2 aromatic heterocycles. The Balaban J connectivity index is 1.88. The Bertz CT molecular complexity index is 936. The molecular weight excluding hydrogens is 347 g/mol. The van der Waals surface area contributed by atoms with Gasteiger partial charge in [0.1, 0.15) is 22.9 Å². The van der Waals surface area contributed by atoms with Gasteiger partial charge in [-0.3, -0.25) is 4.98 Å². The molecule has 0 radical (unpaired) electrons. The number of pyridine rings is 1. The Morgan fingerprint density at radius 1 is 1.15 bits per heavy atom. The molecule has 0 fully saturated rings. The number of ether oxygens (including phenoxy) is 1. The summed E-state index contributed by atoms with van der Waals surface area (Å²) < 4.78 is 44.4. The number of alkyl halides is 3. The molecule has 0 aliphatic carbocycles. The number of H-pyrrole nitrogens is 1. The number of halogens is 3. The molecule has 6 nitrogen and oxygen atoms in total. The third-order valence-corrected chi connectivity index (χ3v) is 3.67. The number of aromatic nitrogens is 3. The number of hydrogen-bond acceptors (Lipinski definition) is 5. The maximum Gasteiger partial charge on any atom is 0.433 e. The molecule has 2 heterocycles. The predicted octanol–water partition coefficient (Wildman–Crippen LogP) is 4.22. The van der Waals surface area contributed by atoms with Crippen LogP contribution in [0.15, 0.2) is 36.5 Å². The predicted molar refractivity (Wildman–Crippen MR) is 92.0 cm³/mol. The first-order valence-corrected chi connectivity index (χ1v) is 7.63. The third-order valence-electron chi connectivity index (χ3n) is 3.67. The van der Waals surface area contributed by atoms with Crippen LogP contribution in [0.4, 0.5) is 24.5 Å². The Labute approximate surface area is 147 Å². The molecule has 0 bridgehead atoms. The maximum atomic E-state index is 12.9. The SMILES string of the molecule is CNc1ccc(Oc2ccnc(-c3nc(C)c(C(F)(F)F)[nH]3)c2)cc1N. The van der Waals surface area contributed by atoms with Gasteiger partial charge in [0.15, 0.2) is 5.82 Å². The number of anilines is 2. The van der Waals surface area contributed by atoms with Crippen LogP contribution in [0.5, 0.6) is 11.5 Å². The molecule has 0 amide bonds. The summed E-state index contributed by atoms with van der Waals surface area (Å²) in [5, 5.41) is 2.94. The molecule has 0 spiro atoms. The second-order valence-corrected chi connectivity index (χ2v) is 5.52. The van der Waals surface area contributed by atoms with E-state index in [1.54, 1.807) is 31.3 Å². The van der Waals surface area contributed by atoms with Gasteiger partial charge in [0, 0.05) is 25.4 Å². The second kappa shape index (κ2) is 6.58. The van der Waals surface area contributed by atoms with E-state index in [-0.39, 0.29) is 17.2 Å². The van der Waals surface area contributed by atoms with Crippen molar-refractivity contribution >= 4 is 11.4 Å². The first-order chi connectivity index (χ1) is 12.3. The monoisotopic (exact) mass is 363 g/mol. The fourth-order valence-corrected chi connectivity index (χ4v) is 2.43. The first kappa shape index (κ1) is 17.6. The van der Waals surface area contributed by atoms with Gasteiger partial charge in [-0.2, -0.15) is 13.2 Å². The van der Waals surface area contributed by atoms with Gasteiger partial charge in [0.25, 0.3) is 0 Å². The van der Waals surface area contributed by atoms with Crippen molar-refractivity contribution in [1.82, 2.24) is 15.0 Å². The minimum Gasteiger partial charge on any atom is -0.457 e. The fraction of sp³-hybridized carbons (Fsp3) is 0.176. The minimum absolute atomic E-state index is 0.0188. The van der Waals surface area contributed by atoms with Crippen molar-refractivity contribution in [3.8, 4) is 23.0 Å². The highest BCUT2D eigenvalue weighted by Gasteiger charge is 2.35. The van der Waals surface area contributed by atoms with Gasteiger partial charge < -0.3 is 20.8 Å². The molecule has 26 heavy (non-hydrogen) atoms. The molecule has 0 unspecified atom stereocenters. The number of nitrogens with two attached hydrogens (primary N) is 1. The summed E-state index contributed by atoms with van der Waals surface area (Å²) in [6, 6.07) is 8.22. The zero-order valence-corrected chi connectivity index (χ0v) is 14.0. The number of benzene rings is 1. The largest absolute Gasteiger partial charge is 0.457 e. The minimum atomic E-state index is -4.50. The van der Waals surface area contributed by atoms with Gasteiger partial charge in [0.2, 0.25) is 0 Å². The molecule has 0 atom stereocenters. The van der Waals surface area contributed by atoms with Crippen LogP contribution in [0.25, 0.3) is 11.5 Å². The van der Waals surface area contributed by atoms with Crippen LogP contribution >= 0.6 is 0 Å². The van der Waals surface area contributed by atoms with Gasteiger partial charge in [-0.1, -0.05) is 0 Å². The number of nitrogen functional groups attached to an aromatic ring is 1. The molecule has 0 saturated carbocycles. The van der Waals surface area contributed by atoms with Gasteiger partial charge in [-0.15, -0.1) is 0 Å². The number of nitrogens with zero attached hydrogens (tertiary/aromatic N) is 2. The molecule has 0 saturated heterocycles. The highest BCUT2D eigenvalue weighted by atomic mass is 19.4. The van der Waals surface area contributed by atoms with E-state index < -0.39 is 11.9 Å². The quantitative estimate of drug-likeness (QED) is 0.604. The fourth-order valence-electron chi connectivity index (χ4n) is 2.43. The maximum absolute atomic E-state index is 12.9. The van der Waals surface area contributed by atoms with Gasteiger partial charge in [-0.25, -0.2) is 4.98 Å². The van der Waals surface area contributed by atoms with E-state index in [0.717, 1.165) is 5.69 Å². The number of imidazole rings is 1.